The fourth-order valence-electron chi connectivity index (χ4n) is 2.48. The molecule has 0 aliphatic rings. The molecule has 0 spiro atoms. The van der Waals surface area contributed by atoms with Crippen LogP contribution in [0, 0.1) is 4.77 Å². The van der Waals surface area contributed by atoms with Gasteiger partial charge in [-0.1, -0.05) is 6.07 Å². The number of hydrogen-bond acceptors (Lipinski definition) is 6. The van der Waals surface area contributed by atoms with Gasteiger partial charge in [-0.3, -0.25) is 5.10 Å². The van der Waals surface area contributed by atoms with Crippen LogP contribution in [0.25, 0.3) is 0 Å². The lowest BCUT2D eigenvalue weighted by atomic mass is 10.2. The van der Waals surface area contributed by atoms with Crippen molar-refractivity contribution in [2.24, 2.45) is 5.10 Å². The molecule has 2 heterocycles. The molecule has 2 aromatic heterocycles. The van der Waals surface area contributed by atoms with Gasteiger partial charge < -0.3 is 9.47 Å². The lowest BCUT2D eigenvalue weighted by Gasteiger charge is -2.14. The molecule has 0 radical (unpaired) electrons. The Bertz CT molecular complexity index is 959. The molecule has 1 aromatic carbocycles. The largest absolute Gasteiger partial charge is 0.490 e. The van der Waals surface area contributed by atoms with Gasteiger partial charge in [0, 0.05) is 11.3 Å². The van der Waals surface area contributed by atoms with E-state index in [-0.39, 0.29) is 6.10 Å². The Kier molecular flexibility index (Phi) is 6.41. The Morgan fingerprint density at radius 1 is 1.33 bits per heavy atom. The summed E-state index contributed by atoms with van der Waals surface area (Å²) in [6.07, 6.45) is 2.49. The van der Waals surface area contributed by atoms with E-state index in [9.17, 15) is 0 Å². The molecule has 1 N–H and O–H groups in total. The summed E-state index contributed by atoms with van der Waals surface area (Å²) in [6, 6.07) is 9.83. The van der Waals surface area contributed by atoms with Gasteiger partial charge in [-0.15, -0.1) is 11.3 Å². The zero-order valence-electron chi connectivity index (χ0n) is 15.5. The van der Waals surface area contributed by atoms with Crippen LogP contribution in [0.15, 0.2) is 40.8 Å². The van der Waals surface area contributed by atoms with E-state index < -0.39 is 0 Å². The van der Waals surface area contributed by atoms with Crippen LogP contribution in [0.1, 0.15) is 37.0 Å². The van der Waals surface area contributed by atoms with Crippen molar-refractivity contribution in [2.45, 2.75) is 33.3 Å². The fraction of sp³-hybridized carbons (Fsp3) is 0.316. The molecule has 0 unspecified atom stereocenters. The molecule has 0 bridgehead atoms. The van der Waals surface area contributed by atoms with E-state index >= 15 is 0 Å². The maximum absolute atomic E-state index is 5.80. The molecule has 6 nitrogen and oxygen atoms in total. The number of aromatic amines is 1. The molecule has 0 fully saturated rings. The monoisotopic (exact) mass is 402 g/mol. The molecule has 142 valence electrons. The van der Waals surface area contributed by atoms with Gasteiger partial charge in [0.2, 0.25) is 4.77 Å². The minimum Gasteiger partial charge on any atom is -0.490 e. The summed E-state index contributed by atoms with van der Waals surface area (Å²) in [5.74, 6) is 2.19. The SMILES string of the molecule is CCOc1cc(/C=N\n2c(Cc3cccs3)n[nH]c2=S)ccc1OC(C)C. The third-order valence-electron chi connectivity index (χ3n) is 3.58. The van der Waals surface area contributed by atoms with Crippen LogP contribution >= 0.6 is 23.6 Å². The highest BCUT2D eigenvalue weighted by Crippen LogP contribution is 2.29. The summed E-state index contributed by atoms with van der Waals surface area (Å²) < 4.78 is 13.6. The Balaban J connectivity index is 1.84. The molecule has 0 atom stereocenters. The summed E-state index contributed by atoms with van der Waals surface area (Å²) >= 11 is 6.99. The molecule has 0 saturated carbocycles. The average Bonchev–Trinajstić information content (AvgIpc) is 3.26. The van der Waals surface area contributed by atoms with E-state index in [1.807, 2.05) is 50.4 Å². The number of nitrogens with zero attached hydrogens (tertiary/aromatic N) is 3. The number of hydrogen-bond donors (Lipinski definition) is 1. The second-order valence-corrected chi connectivity index (χ2v) is 7.48. The molecule has 3 rings (SSSR count). The van der Waals surface area contributed by atoms with Crippen molar-refractivity contribution >= 4 is 29.8 Å². The number of aromatic nitrogens is 3. The van der Waals surface area contributed by atoms with Gasteiger partial charge in [0.1, 0.15) is 0 Å². The van der Waals surface area contributed by atoms with E-state index in [1.165, 1.54) is 4.88 Å². The topological polar surface area (TPSA) is 64.4 Å². The third-order valence-corrected chi connectivity index (χ3v) is 4.72. The first-order chi connectivity index (χ1) is 13.1. The van der Waals surface area contributed by atoms with Crippen LogP contribution < -0.4 is 9.47 Å². The lowest BCUT2D eigenvalue weighted by Crippen LogP contribution is -2.07. The summed E-state index contributed by atoms with van der Waals surface area (Å²) in [4.78, 5) is 1.20. The Labute approximate surface area is 167 Å². The first-order valence-electron chi connectivity index (χ1n) is 8.73. The maximum Gasteiger partial charge on any atom is 0.216 e. The average molecular weight is 403 g/mol. The quantitative estimate of drug-likeness (QED) is 0.440. The van der Waals surface area contributed by atoms with Gasteiger partial charge in [0.15, 0.2) is 17.3 Å². The molecule has 0 aliphatic carbocycles. The van der Waals surface area contributed by atoms with Crippen molar-refractivity contribution in [2.75, 3.05) is 6.61 Å². The van der Waals surface area contributed by atoms with Crippen molar-refractivity contribution in [3.8, 4) is 11.5 Å². The summed E-state index contributed by atoms with van der Waals surface area (Å²) in [5.41, 5.74) is 0.889. The molecule has 0 amide bonds. The predicted octanol–water partition coefficient (Wildman–Crippen LogP) is 4.66. The molecular weight excluding hydrogens is 380 g/mol. The van der Waals surface area contributed by atoms with E-state index in [1.54, 1.807) is 22.2 Å². The van der Waals surface area contributed by atoms with E-state index in [0.29, 0.717) is 23.5 Å². The number of H-pyrrole nitrogens is 1. The maximum atomic E-state index is 5.80. The molecule has 0 aliphatic heterocycles. The number of thiophene rings is 1. The van der Waals surface area contributed by atoms with Crippen molar-refractivity contribution in [1.82, 2.24) is 14.9 Å². The van der Waals surface area contributed by atoms with Gasteiger partial charge in [-0.05, 0) is 68.2 Å². The summed E-state index contributed by atoms with van der Waals surface area (Å²) in [6.45, 7) is 6.48. The molecule has 8 heteroatoms. The van der Waals surface area contributed by atoms with Crippen LogP contribution in [0.4, 0.5) is 0 Å². The first kappa shape index (κ1) is 19.3. The van der Waals surface area contributed by atoms with Gasteiger partial charge in [0.25, 0.3) is 0 Å². The molecular formula is C19H22N4O2S2. The second kappa shape index (κ2) is 8.96. The van der Waals surface area contributed by atoms with Crippen LogP contribution in [-0.4, -0.2) is 33.8 Å². The van der Waals surface area contributed by atoms with E-state index in [0.717, 1.165) is 17.1 Å². The minimum absolute atomic E-state index is 0.0767. The molecule has 27 heavy (non-hydrogen) atoms. The molecule has 3 aromatic rings. The van der Waals surface area contributed by atoms with Crippen molar-refractivity contribution in [3.63, 3.8) is 0 Å². The zero-order valence-corrected chi connectivity index (χ0v) is 17.1. The Morgan fingerprint density at radius 3 is 2.89 bits per heavy atom. The Hall–Kier alpha value is -2.45. The Morgan fingerprint density at radius 2 is 2.19 bits per heavy atom. The fourth-order valence-corrected chi connectivity index (χ4v) is 3.38. The normalized spacial score (nSPS) is 11.4. The summed E-state index contributed by atoms with van der Waals surface area (Å²) in [7, 11) is 0. The van der Waals surface area contributed by atoms with Gasteiger partial charge in [0.05, 0.1) is 18.9 Å². The van der Waals surface area contributed by atoms with Crippen LogP contribution in [-0.2, 0) is 6.42 Å². The number of nitrogens with one attached hydrogen (secondary N) is 1. The van der Waals surface area contributed by atoms with Crippen LogP contribution in [0.2, 0.25) is 0 Å². The highest BCUT2D eigenvalue weighted by atomic mass is 32.1. The zero-order chi connectivity index (χ0) is 19.2. The molecule has 0 saturated heterocycles. The minimum atomic E-state index is 0.0767. The van der Waals surface area contributed by atoms with Crippen molar-refractivity contribution in [3.05, 3.63) is 56.7 Å². The second-order valence-electron chi connectivity index (χ2n) is 6.06. The van der Waals surface area contributed by atoms with Crippen molar-refractivity contribution in [1.29, 1.82) is 0 Å². The van der Waals surface area contributed by atoms with Gasteiger partial charge in [-0.25, -0.2) is 0 Å². The number of rotatable bonds is 8. The lowest BCUT2D eigenvalue weighted by molar-refractivity contribution is 0.224. The first-order valence-corrected chi connectivity index (χ1v) is 10.0. The smallest absolute Gasteiger partial charge is 0.216 e. The third kappa shape index (κ3) is 5.05. The van der Waals surface area contributed by atoms with E-state index in [4.69, 9.17) is 21.7 Å². The number of ether oxygens (including phenoxy) is 2. The summed E-state index contributed by atoms with van der Waals surface area (Å²) in [5, 5.41) is 13.7. The van der Waals surface area contributed by atoms with Crippen molar-refractivity contribution < 1.29 is 9.47 Å². The highest BCUT2D eigenvalue weighted by molar-refractivity contribution is 7.71. The van der Waals surface area contributed by atoms with Gasteiger partial charge in [-0.2, -0.15) is 14.9 Å². The number of benzene rings is 1. The predicted molar refractivity (Wildman–Crippen MR) is 111 cm³/mol. The standard InChI is InChI=1S/C19H22N4O2S2/c1-4-24-17-10-14(7-8-16(17)25-13(2)3)12-20-23-18(21-22-19(23)26)11-15-6-5-9-27-15/h5-10,12-13H,4,11H2,1-3H3,(H,22,26)/b20-12-. The van der Waals surface area contributed by atoms with Crippen LogP contribution in [0.5, 0.6) is 11.5 Å². The van der Waals surface area contributed by atoms with Crippen LogP contribution in [0.3, 0.4) is 0 Å². The highest BCUT2D eigenvalue weighted by Gasteiger charge is 2.09. The van der Waals surface area contributed by atoms with Gasteiger partial charge >= 0.3 is 0 Å². The van der Waals surface area contributed by atoms with E-state index in [2.05, 4.69) is 21.4 Å².